The minimum absolute atomic E-state index is 0. The summed E-state index contributed by atoms with van der Waals surface area (Å²) in [5.41, 5.74) is 1.61. The number of rotatable bonds is 21. The number of hydrogen-bond donors (Lipinski definition) is 0. The van der Waals surface area contributed by atoms with Gasteiger partial charge in [0.2, 0.25) is 0 Å². The van der Waals surface area contributed by atoms with E-state index in [1.54, 1.807) is 0 Å². The van der Waals surface area contributed by atoms with E-state index in [9.17, 15) is 9.90 Å². The molecule has 0 spiro atoms. The molecule has 0 radical (unpaired) electrons. The first-order chi connectivity index (χ1) is 15.7. The summed E-state index contributed by atoms with van der Waals surface area (Å²) in [6.45, 7) is 5.00. The van der Waals surface area contributed by atoms with Crippen LogP contribution in [0.15, 0.2) is 42.0 Å². The van der Waals surface area contributed by atoms with Crippen LogP contribution in [0, 0.1) is 0 Å². The number of aliphatic carboxylic acids is 1. The first-order valence-corrected chi connectivity index (χ1v) is 13.2. The van der Waals surface area contributed by atoms with Crippen LogP contribution < -0.4 is 34.7 Å². The van der Waals surface area contributed by atoms with Crippen molar-refractivity contribution in [3.8, 4) is 0 Å². The Morgan fingerprint density at radius 2 is 1.39 bits per heavy atom. The Morgan fingerprint density at radius 1 is 0.848 bits per heavy atom. The number of unbranched alkanes of at least 4 members (excludes halogenated alkanes) is 11. The molecular formula is C29H47NaO3. The Morgan fingerprint density at radius 3 is 1.97 bits per heavy atom. The van der Waals surface area contributed by atoms with Crippen molar-refractivity contribution in [3.05, 3.63) is 47.5 Å². The number of carbonyl (C=O) groups excluding carboxylic acids is 1. The second kappa shape index (κ2) is 23.1. The topological polar surface area (TPSA) is 49.4 Å². The van der Waals surface area contributed by atoms with E-state index in [2.05, 4.69) is 26.0 Å². The summed E-state index contributed by atoms with van der Waals surface area (Å²) in [5.74, 6) is -1.02. The minimum Gasteiger partial charge on any atom is -0.545 e. The zero-order valence-corrected chi connectivity index (χ0v) is 23.8. The van der Waals surface area contributed by atoms with Crippen molar-refractivity contribution in [2.24, 2.45) is 0 Å². The van der Waals surface area contributed by atoms with Crippen molar-refractivity contribution in [2.75, 3.05) is 0 Å². The number of carboxylic acid groups (broad SMARTS) is 1. The molecule has 1 aromatic carbocycles. The normalized spacial score (nSPS) is 12.4. The van der Waals surface area contributed by atoms with Gasteiger partial charge < -0.3 is 14.6 Å². The molecule has 0 amide bonds. The standard InChI is InChI=1S/C29H48O3.Na/c1-3-5-7-9-10-11-12-13-18-22-28(32-25-26-19-15-14-16-20-26)24-23-27(29(30)31)21-17-8-6-4-2;/h14-16,19-20,23,28H,3-13,17-18,21-22,24-25H2,1-2H3,(H,30,31);/q;+1/p-1. The van der Waals surface area contributed by atoms with E-state index in [0.29, 0.717) is 25.0 Å². The van der Waals surface area contributed by atoms with E-state index >= 15 is 0 Å². The number of benzene rings is 1. The third-order valence-corrected chi connectivity index (χ3v) is 6.15. The van der Waals surface area contributed by atoms with Gasteiger partial charge in [0.25, 0.3) is 0 Å². The molecule has 1 aromatic rings. The fourth-order valence-corrected chi connectivity index (χ4v) is 4.04. The molecule has 0 aliphatic heterocycles. The van der Waals surface area contributed by atoms with Gasteiger partial charge in [-0.3, -0.25) is 0 Å². The molecule has 0 N–H and O–H groups in total. The van der Waals surface area contributed by atoms with Gasteiger partial charge in [0, 0.05) is 0 Å². The Hall–Kier alpha value is -0.610. The molecule has 0 aliphatic rings. The molecule has 3 nitrogen and oxygen atoms in total. The van der Waals surface area contributed by atoms with Gasteiger partial charge >= 0.3 is 29.6 Å². The van der Waals surface area contributed by atoms with Crippen LogP contribution in [0.5, 0.6) is 0 Å². The average molecular weight is 467 g/mol. The Labute approximate surface area is 226 Å². The Kier molecular flexibility index (Phi) is 22.7. The molecule has 1 unspecified atom stereocenters. The van der Waals surface area contributed by atoms with Gasteiger partial charge in [0.15, 0.2) is 0 Å². The SMILES string of the molecule is CCCCCCCCCCCC(CC=C(CCCCCC)C(=O)[O-])OCc1ccccc1.[Na+]. The maximum absolute atomic E-state index is 11.6. The van der Waals surface area contributed by atoms with Crippen molar-refractivity contribution in [1.82, 2.24) is 0 Å². The molecule has 33 heavy (non-hydrogen) atoms. The van der Waals surface area contributed by atoms with Crippen LogP contribution in [0.4, 0.5) is 0 Å². The van der Waals surface area contributed by atoms with Crippen molar-refractivity contribution in [2.45, 2.75) is 129 Å². The molecule has 0 heterocycles. The van der Waals surface area contributed by atoms with Gasteiger partial charge in [0.1, 0.15) is 0 Å². The fraction of sp³-hybridized carbons (Fsp3) is 0.690. The van der Waals surface area contributed by atoms with Crippen molar-refractivity contribution >= 4 is 5.97 Å². The van der Waals surface area contributed by atoms with E-state index in [0.717, 1.165) is 44.1 Å². The van der Waals surface area contributed by atoms with Gasteiger partial charge in [-0.1, -0.05) is 127 Å². The summed E-state index contributed by atoms with van der Waals surface area (Å²) in [6.07, 6.45) is 20.2. The molecule has 0 aromatic heterocycles. The maximum Gasteiger partial charge on any atom is 1.00 e. The summed E-state index contributed by atoms with van der Waals surface area (Å²) < 4.78 is 6.22. The zero-order valence-electron chi connectivity index (χ0n) is 21.8. The van der Waals surface area contributed by atoms with Gasteiger partial charge in [-0.25, -0.2) is 0 Å². The third kappa shape index (κ3) is 18.4. The van der Waals surface area contributed by atoms with Gasteiger partial charge in [-0.2, -0.15) is 0 Å². The first-order valence-electron chi connectivity index (χ1n) is 13.2. The first kappa shape index (κ1) is 32.4. The van der Waals surface area contributed by atoms with E-state index in [-0.39, 0.29) is 35.7 Å². The molecule has 1 atom stereocenters. The van der Waals surface area contributed by atoms with Crippen LogP contribution in [-0.2, 0) is 16.1 Å². The summed E-state index contributed by atoms with van der Waals surface area (Å²) >= 11 is 0. The van der Waals surface area contributed by atoms with Crippen LogP contribution in [0.25, 0.3) is 0 Å². The number of carboxylic acids is 1. The molecular weight excluding hydrogens is 419 g/mol. The summed E-state index contributed by atoms with van der Waals surface area (Å²) in [5, 5.41) is 11.6. The quantitative estimate of drug-likeness (QED) is 0.152. The van der Waals surface area contributed by atoms with Crippen LogP contribution in [0.3, 0.4) is 0 Å². The number of hydrogen-bond acceptors (Lipinski definition) is 3. The maximum atomic E-state index is 11.6. The van der Waals surface area contributed by atoms with Crippen molar-refractivity contribution in [3.63, 3.8) is 0 Å². The predicted molar refractivity (Wildman–Crippen MR) is 133 cm³/mol. The smallest absolute Gasteiger partial charge is 0.545 e. The van der Waals surface area contributed by atoms with E-state index in [1.807, 2.05) is 24.3 Å². The Bertz CT molecular complexity index is 600. The van der Waals surface area contributed by atoms with E-state index in [4.69, 9.17) is 4.74 Å². The van der Waals surface area contributed by atoms with Crippen molar-refractivity contribution < 1.29 is 44.2 Å². The molecule has 182 valence electrons. The van der Waals surface area contributed by atoms with Gasteiger partial charge in [0.05, 0.1) is 18.7 Å². The Balaban J connectivity index is 0.0000102. The molecule has 1 rings (SSSR count). The molecule has 0 bridgehead atoms. The second-order valence-electron chi connectivity index (χ2n) is 9.10. The molecule has 0 aliphatic carbocycles. The fourth-order valence-electron chi connectivity index (χ4n) is 4.04. The number of carbonyl (C=O) groups is 1. The summed E-state index contributed by atoms with van der Waals surface area (Å²) in [7, 11) is 0. The van der Waals surface area contributed by atoms with E-state index < -0.39 is 5.97 Å². The van der Waals surface area contributed by atoms with Crippen LogP contribution in [0.1, 0.15) is 122 Å². The predicted octanol–water partition coefficient (Wildman–Crippen LogP) is 4.53. The number of ether oxygens (including phenoxy) is 1. The van der Waals surface area contributed by atoms with Gasteiger partial charge in [-0.05, 0) is 36.8 Å². The third-order valence-electron chi connectivity index (χ3n) is 6.15. The molecule has 0 saturated heterocycles. The molecule has 0 saturated carbocycles. The molecule has 0 fully saturated rings. The van der Waals surface area contributed by atoms with Crippen LogP contribution >= 0.6 is 0 Å². The molecule has 4 heteroatoms. The average Bonchev–Trinajstić information content (AvgIpc) is 2.80. The summed E-state index contributed by atoms with van der Waals surface area (Å²) in [4.78, 5) is 11.6. The largest absolute Gasteiger partial charge is 1.00 e. The van der Waals surface area contributed by atoms with E-state index in [1.165, 1.54) is 51.4 Å². The minimum atomic E-state index is -1.02. The van der Waals surface area contributed by atoms with Gasteiger partial charge in [-0.15, -0.1) is 0 Å². The van der Waals surface area contributed by atoms with Crippen LogP contribution in [0.2, 0.25) is 0 Å². The van der Waals surface area contributed by atoms with Crippen molar-refractivity contribution in [1.29, 1.82) is 0 Å². The summed E-state index contributed by atoms with van der Waals surface area (Å²) in [6, 6.07) is 10.2. The monoisotopic (exact) mass is 466 g/mol. The van der Waals surface area contributed by atoms with Crippen LogP contribution in [-0.4, -0.2) is 12.1 Å². The zero-order chi connectivity index (χ0) is 23.3. The second-order valence-corrected chi connectivity index (χ2v) is 9.10.